The zero-order valence-corrected chi connectivity index (χ0v) is 12.3. The highest BCUT2D eigenvalue weighted by molar-refractivity contribution is 7.99. The number of hydrogen-bond donors (Lipinski definition) is 2. The van der Waals surface area contributed by atoms with Crippen molar-refractivity contribution in [3.05, 3.63) is 16.8 Å². The average Bonchev–Trinajstić information content (AvgIpc) is 2.74. The first-order chi connectivity index (χ1) is 9.52. The number of hydrogen-bond acceptors (Lipinski definition) is 7. The zero-order chi connectivity index (χ0) is 14.7. The lowest BCUT2D eigenvalue weighted by Gasteiger charge is -2.12. The molecule has 0 atom stereocenters. The molecule has 0 aliphatic heterocycles. The van der Waals surface area contributed by atoms with Gasteiger partial charge in [-0.2, -0.15) is 4.98 Å². The first-order valence-corrected chi connectivity index (χ1v) is 6.94. The molecule has 2 aromatic rings. The standard InChI is InChI=1S/C11H16N6O2S/c1-4-17-10(18)15-16-11(17)20-9-7(12)8(13-5-14-9)19-6(2)3/h5-6H,4,12H2,1-3H3,(H,15,18). The van der Waals surface area contributed by atoms with Gasteiger partial charge in [0.2, 0.25) is 5.88 Å². The zero-order valence-electron chi connectivity index (χ0n) is 11.5. The van der Waals surface area contributed by atoms with Crippen molar-refractivity contribution in [2.24, 2.45) is 0 Å². The van der Waals surface area contributed by atoms with E-state index in [2.05, 4.69) is 20.2 Å². The summed E-state index contributed by atoms with van der Waals surface area (Å²) in [6, 6.07) is 0. The molecule has 108 valence electrons. The van der Waals surface area contributed by atoms with Crippen molar-refractivity contribution in [2.75, 3.05) is 5.73 Å². The Bertz CT molecular complexity index is 651. The third kappa shape index (κ3) is 2.93. The minimum absolute atomic E-state index is 0.0377. The molecule has 8 nitrogen and oxygen atoms in total. The number of nitrogens with two attached hydrogens (primary N) is 1. The van der Waals surface area contributed by atoms with Gasteiger partial charge in [-0.3, -0.25) is 4.57 Å². The summed E-state index contributed by atoms with van der Waals surface area (Å²) in [5.74, 6) is 0.332. The summed E-state index contributed by atoms with van der Waals surface area (Å²) in [6.45, 7) is 6.14. The average molecular weight is 296 g/mol. The second kappa shape index (κ2) is 5.95. The maximum Gasteiger partial charge on any atom is 0.343 e. The number of rotatable bonds is 5. The predicted molar refractivity (Wildman–Crippen MR) is 74.9 cm³/mol. The molecule has 2 heterocycles. The van der Waals surface area contributed by atoms with E-state index in [4.69, 9.17) is 10.5 Å². The first-order valence-electron chi connectivity index (χ1n) is 6.13. The van der Waals surface area contributed by atoms with Crippen molar-refractivity contribution in [1.29, 1.82) is 0 Å². The van der Waals surface area contributed by atoms with Crippen LogP contribution in [-0.4, -0.2) is 30.8 Å². The first kappa shape index (κ1) is 14.4. The molecule has 2 rings (SSSR count). The van der Waals surface area contributed by atoms with Gasteiger partial charge < -0.3 is 10.5 Å². The van der Waals surface area contributed by atoms with Crippen LogP contribution in [0.3, 0.4) is 0 Å². The molecule has 2 aromatic heterocycles. The molecule has 0 aliphatic carbocycles. The van der Waals surface area contributed by atoms with Crippen LogP contribution in [0.4, 0.5) is 5.69 Å². The van der Waals surface area contributed by atoms with Crippen LogP contribution in [0.1, 0.15) is 20.8 Å². The van der Waals surface area contributed by atoms with Crippen LogP contribution < -0.4 is 16.2 Å². The van der Waals surface area contributed by atoms with E-state index in [1.165, 1.54) is 22.7 Å². The summed E-state index contributed by atoms with van der Waals surface area (Å²) >= 11 is 1.19. The number of nitrogen functional groups attached to an aromatic ring is 1. The Labute approximate surface area is 119 Å². The van der Waals surface area contributed by atoms with Crippen molar-refractivity contribution in [1.82, 2.24) is 24.7 Å². The van der Waals surface area contributed by atoms with Gasteiger partial charge in [-0.25, -0.2) is 14.9 Å². The summed E-state index contributed by atoms with van der Waals surface area (Å²) < 4.78 is 6.99. The van der Waals surface area contributed by atoms with E-state index < -0.39 is 0 Å². The van der Waals surface area contributed by atoms with Gasteiger partial charge in [0, 0.05) is 6.54 Å². The lowest BCUT2D eigenvalue weighted by Crippen LogP contribution is -2.16. The van der Waals surface area contributed by atoms with Crippen molar-refractivity contribution in [3.8, 4) is 5.88 Å². The van der Waals surface area contributed by atoms with Gasteiger partial charge in [-0.15, -0.1) is 5.10 Å². The Hall–Kier alpha value is -2.03. The summed E-state index contributed by atoms with van der Waals surface area (Å²) in [5, 5.41) is 7.34. The van der Waals surface area contributed by atoms with Crippen LogP contribution in [0.2, 0.25) is 0 Å². The summed E-state index contributed by atoms with van der Waals surface area (Å²) in [6.07, 6.45) is 1.33. The third-order valence-electron chi connectivity index (χ3n) is 2.39. The van der Waals surface area contributed by atoms with E-state index in [9.17, 15) is 4.79 Å². The Balaban J connectivity index is 2.32. The number of H-pyrrole nitrogens is 1. The van der Waals surface area contributed by atoms with E-state index in [0.29, 0.717) is 28.3 Å². The van der Waals surface area contributed by atoms with Crippen molar-refractivity contribution >= 4 is 17.4 Å². The molecule has 0 unspecified atom stereocenters. The van der Waals surface area contributed by atoms with Crippen LogP contribution >= 0.6 is 11.8 Å². The molecule has 3 N–H and O–H groups in total. The predicted octanol–water partition coefficient (Wildman–Crippen LogP) is 0.902. The fraction of sp³-hybridized carbons (Fsp3) is 0.455. The topological polar surface area (TPSA) is 112 Å². The minimum atomic E-state index is -0.263. The number of anilines is 1. The van der Waals surface area contributed by atoms with Crippen LogP contribution in [0.5, 0.6) is 5.88 Å². The van der Waals surface area contributed by atoms with Crippen molar-refractivity contribution in [2.45, 2.75) is 43.6 Å². The van der Waals surface area contributed by atoms with E-state index in [1.807, 2.05) is 20.8 Å². The molecule has 0 saturated carbocycles. The van der Waals surface area contributed by atoms with Gasteiger partial charge in [0.25, 0.3) is 0 Å². The van der Waals surface area contributed by atoms with Crippen LogP contribution in [0, 0.1) is 0 Å². The summed E-state index contributed by atoms with van der Waals surface area (Å²) in [7, 11) is 0. The molecule has 0 bridgehead atoms. The second-order valence-corrected chi connectivity index (χ2v) is 5.18. The molecular weight excluding hydrogens is 280 g/mol. The molecule has 20 heavy (non-hydrogen) atoms. The van der Waals surface area contributed by atoms with E-state index in [1.54, 1.807) is 0 Å². The Kier molecular flexibility index (Phi) is 4.28. The summed E-state index contributed by atoms with van der Waals surface area (Å²) in [5.41, 5.74) is 6.06. The van der Waals surface area contributed by atoms with Gasteiger partial charge in [0.05, 0.1) is 6.10 Å². The maximum atomic E-state index is 11.5. The van der Waals surface area contributed by atoms with Crippen LogP contribution in [0.15, 0.2) is 21.3 Å². The van der Waals surface area contributed by atoms with Gasteiger partial charge in [-0.1, -0.05) is 0 Å². The normalized spacial score (nSPS) is 11.0. The van der Waals surface area contributed by atoms with Crippen molar-refractivity contribution < 1.29 is 4.74 Å². The third-order valence-corrected chi connectivity index (χ3v) is 3.40. The Morgan fingerprint density at radius 1 is 1.50 bits per heavy atom. The molecule has 0 spiro atoms. The maximum absolute atomic E-state index is 11.5. The monoisotopic (exact) mass is 296 g/mol. The van der Waals surface area contributed by atoms with Crippen LogP contribution in [0.25, 0.3) is 0 Å². The van der Waals surface area contributed by atoms with E-state index in [-0.39, 0.29) is 11.8 Å². The molecule has 0 radical (unpaired) electrons. The lowest BCUT2D eigenvalue weighted by atomic mass is 10.4. The van der Waals surface area contributed by atoms with Gasteiger partial charge >= 0.3 is 5.69 Å². The smallest absolute Gasteiger partial charge is 0.343 e. The highest BCUT2D eigenvalue weighted by Gasteiger charge is 2.15. The van der Waals surface area contributed by atoms with E-state index in [0.717, 1.165) is 0 Å². The molecule has 0 fully saturated rings. The van der Waals surface area contributed by atoms with Gasteiger partial charge in [0.1, 0.15) is 17.0 Å². The number of nitrogens with zero attached hydrogens (tertiary/aromatic N) is 4. The molecule has 0 aromatic carbocycles. The SMILES string of the molecule is CCn1c(Sc2ncnc(OC(C)C)c2N)n[nH]c1=O. The Morgan fingerprint density at radius 3 is 2.90 bits per heavy atom. The molecule has 9 heteroatoms. The number of ether oxygens (including phenoxy) is 1. The highest BCUT2D eigenvalue weighted by atomic mass is 32.2. The molecule has 0 aliphatic rings. The molecule has 0 saturated heterocycles. The Morgan fingerprint density at radius 2 is 2.25 bits per heavy atom. The summed E-state index contributed by atoms with van der Waals surface area (Å²) in [4.78, 5) is 19.6. The highest BCUT2D eigenvalue weighted by Crippen LogP contribution is 2.32. The fourth-order valence-electron chi connectivity index (χ4n) is 1.51. The van der Waals surface area contributed by atoms with Gasteiger partial charge in [-0.05, 0) is 32.5 Å². The second-order valence-electron chi connectivity index (χ2n) is 4.22. The van der Waals surface area contributed by atoms with Crippen LogP contribution in [-0.2, 0) is 6.54 Å². The minimum Gasteiger partial charge on any atom is -0.473 e. The number of aromatic amines is 1. The largest absolute Gasteiger partial charge is 0.473 e. The number of nitrogens with one attached hydrogen (secondary N) is 1. The molecule has 0 amide bonds. The van der Waals surface area contributed by atoms with Gasteiger partial charge in [0.15, 0.2) is 5.16 Å². The fourth-order valence-corrected chi connectivity index (χ4v) is 2.39. The number of aromatic nitrogens is 5. The van der Waals surface area contributed by atoms with Crippen molar-refractivity contribution in [3.63, 3.8) is 0 Å². The van der Waals surface area contributed by atoms with E-state index >= 15 is 0 Å². The quantitative estimate of drug-likeness (QED) is 0.788. The lowest BCUT2D eigenvalue weighted by molar-refractivity contribution is 0.233. The molecular formula is C11H16N6O2S.